The molecule has 3 heterocycles. The first-order valence-electron chi connectivity index (χ1n) is 8.89. The number of aromatic carboxylic acids is 1. The first-order chi connectivity index (χ1) is 14.1. The van der Waals surface area contributed by atoms with E-state index in [1.165, 1.54) is 0 Å². The van der Waals surface area contributed by atoms with E-state index < -0.39 is 56.3 Å². The Morgan fingerprint density at radius 2 is 2.00 bits per heavy atom. The molecule has 0 saturated carbocycles. The second-order valence-electron chi connectivity index (χ2n) is 7.15. The first-order valence-corrected chi connectivity index (χ1v) is 8.89. The van der Waals surface area contributed by atoms with Crippen molar-refractivity contribution < 1.29 is 23.1 Å². The maximum atomic E-state index is 14.8. The molecule has 8 nitrogen and oxygen atoms in total. The van der Waals surface area contributed by atoms with Crippen molar-refractivity contribution in [1.82, 2.24) is 14.2 Å². The summed E-state index contributed by atoms with van der Waals surface area (Å²) >= 11 is 0. The smallest absolute Gasteiger partial charge is 0.341 e. The van der Waals surface area contributed by atoms with Gasteiger partial charge in [-0.2, -0.15) is 9.37 Å². The van der Waals surface area contributed by atoms with Gasteiger partial charge >= 0.3 is 5.97 Å². The Morgan fingerprint density at radius 3 is 2.60 bits per heavy atom. The molecule has 1 saturated heterocycles. The molecule has 2 atom stereocenters. The third-order valence-electron chi connectivity index (χ3n) is 5.09. The van der Waals surface area contributed by atoms with Gasteiger partial charge in [-0.05, 0) is 18.2 Å². The van der Waals surface area contributed by atoms with Crippen LogP contribution in [0.4, 0.5) is 19.0 Å². The van der Waals surface area contributed by atoms with Gasteiger partial charge in [0.2, 0.25) is 11.2 Å². The summed E-state index contributed by atoms with van der Waals surface area (Å²) < 4.78 is 42.3. The van der Waals surface area contributed by atoms with E-state index in [0.29, 0.717) is 18.6 Å². The molecule has 11 heteroatoms. The molecule has 0 bridgehead atoms. The zero-order chi connectivity index (χ0) is 21.8. The van der Waals surface area contributed by atoms with Crippen LogP contribution < -0.4 is 15.8 Å². The summed E-state index contributed by atoms with van der Waals surface area (Å²) in [4.78, 5) is 28.0. The van der Waals surface area contributed by atoms with Crippen molar-refractivity contribution in [3.63, 3.8) is 0 Å². The van der Waals surface area contributed by atoms with Crippen LogP contribution in [0.3, 0.4) is 0 Å². The predicted octanol–water partition coefficient (Wildman–Crippen LogP) is 2.04. The average Bonchev–Trinajstić information content (AvgIpc) is 3.02. The fourth-order valence-electron chi connectivity index (χ4n) is 3.64. The van der Waals surface area contributed by atoms with E-state index in [0.717, 1.165) is 22.9 Å². The van der Waals surface area contributed by atoms with Crippen molar-refractivity contribution in [3.8, 4) is 5.69 Å². The molecule has 1 fully saturated rings. The Morgan fingerprint density at radius 1 is 1.27 bits per heavy atom. The molecule has 1 aliphatic heterocycles. The first kappa shape index (κ1) is 20.0. The number of benzene rings is 1. The zero-order valence-electron chi connectivity index (χ0n) is 15.3. The van der Waals surface area contributed by atoms with Gasteiger partial charge in [0, 0.05) is 18.7 Å². The zero-order valence-corrected chi connectivity index (χ0v) is 15.3. The highest BCUT2D eigenvalue weighted by molar-refractivity contribution is 5.92. The van der Waals surface area contributed by atoms with Crippen LogP contribution >= 0.6 is 0 Å². The number of carboxylic acid groups (broad SMARTS) is 1. The fraction of sp³-hybridized carbons (Fsp3) is 0.211. The highest BCUT2D eigenvalue weighted by atomic mass is 19.1. The van der Waals surface area contributed by atoms with Gasteiger partial charge in [0.25, 0.3) is 5.82 Å². The minimum Gasteiger partial charge on any atom is -0.626 e. The number of fused-ring (bicyclic) bond motifs is 1. The number of aromatic nitrogens is 2. The van der Waals surface area contributed by atoms with Gasteiger partial charge < -0.3 is 20.7 Å². The van der Waals surface area contributed by atoms with Gasteiger partial charge in [0.05, 0.1) is 30.2 Å². The lowest BCUT2D eigenvalue weighted by Gasteiger charge is -2.36. The average molecular weight is 420 g/mol. The molecule has 0 aliphatic carbocycles. The number of rotatable bonds is 3. The monoisotopic (exact) mass is 420 g/mol. The molecule has 0 amide bonds. The second kappa shape index (κ2) is 6.90. The molecule has 2 unspecified atom stereocenters. The summed E-state index contributed by atoms with van der Waals surface area (Å²) in [6.07, 6.45) is 1.14. The number of carbonyl (C=O) groups is 1. The Hall–Kier alpha value is -3.28. The molecule has 0 spiro atoms. The van der Waals surface area contributed by atoms with Gasteiger partial charge in [-0.25, -0.2) is 13.6 Å². The van der Waals surface area contributed by atoms with E-state index in [1.54, 1.807) is 0 Å². The molecule has 0 radical (unpaired) electrons. The fourth-order valence-corrected chi connectivity index (χ4v) is 3.64. The molecule has 1 aromatic carbocycles. The number of pyridine rings is 2. The molecule has 30 heavy (non-hydrogen) atoms. The topological polar surface area (TPSA) is 121 Å². The normalized spacial score (nSPS) is 21.3. The number of quaternary nitrogens is 1. The number of hydrogen-bond donors (Lipinski definition) is 2. The van der Waals surface area contributed by atoms with Crippen LogP contribution in [0.1, 0.15) is 16.8 Å². The van der Waals surface area contributed by atoms with Crippen LogP contribution in [0.25, 0.3) is 16.7 Å². The van der Waals surface area contributed by atoms with Crippen LogP contribution in [0.15, 0.2) is 35.3 Å². The summed E-state index contributed by atoms with van der Waals surface area (Å²) in [5.41, 5.74) is 3.29. The van der Waals surface area contributed by atoms with E-state index in [4.69, 9.17) is 5.73 Å². The molecule has 1 aliphatic rings. The van der Waals surface area contributed by atoms with E-state index >= 15 is 0 Å². The lowest BCUT2D eigenvalue weighted by molar-refractivity contribution is 0.0695. The predicted molar refractivity (Wildman–Crippen MR) is 102 cm³/mol. The molecular formula is C19H15F3N4O4. The van der Waals surface area contributed by atoms with Crippen LogP contribution in [-0.2, 0) is 0 Å². The number of hydroxylamine groups is 2. The van der Waals surface area contributed by atoms with Crippen LogP contribution in [0, 0.1) is 22.7 Å². The molecule has 156 valence electrons. The summed E-state index contributed by atoms with van der Waals surface area (Å²) in [6.45, 7) is -0.184. The number of nitrogens with zero attached hydrogens (tertiary/aromatic N) is 3. The minimum atomic E-state index is -1.62. The molecule has 4 rings (SSSR count). The van der Waals surface area contributed by atoms with Gasteiger partial charge in [0.15, 0.2) is 5.65 Å². The number of halogens is 3. The van der Waals surface area contributed by atoms with Crippen LogP contribution in [0.2, 0.25) is 0 Å². The summed E-state index contributed by atoms with van der Waals surface area (Å²) in [5.74, 6) is -5.22. The lowest BCUT2D eigenvalue weighted by Crippen LogP contribution is -2.44. The Labute approximate surface area is 166 Å². The van der Waals surface area contributed by atoms with Crippen LogP contribution in [-0.4, -0.2) is 39.8 Å². The highest BCUT2D eigenvalue weighted by Crippen LogP contribution is 2.31. The van der Waals surface area contributed by atoms with Gasteiger partial charge in [-0.1, -0.05) is 0 Å². The van der Waals surface area contributed by atoms with Gasteiger partial charge in [-0.15, -0.1) is 0 Å². The maximum absolute atomic E-state index is 14.8. The van der Waals surface area contributed by atoms with E-state index in [9.17, 15) is 33.1 Å². The third-order valence-corrected chi connectivity index (χ3v) is 5.09. The Bertz CT molecular complexity index is 1260. The number of carboxylic acids is 1. The second-order valence-corrected chi connectivity index (χ2v) is 7.15. The summed E-state index contributed by atoms with van der Waals surface area (Å²) in [7, 11) is 0. The summed E-state index contributed by atoms with van der Waals surface area (Å²) in [5, 5.41) is 21.9. The van der Waals surface area contributed by atoms with Gasteiger partial charge in [0.1, 0.15) is 17.2 Å². The minimum absolute atomic E-state index is 0.0427. The molecule has 3 N–H and O–H groups in total. The Kier molecular flexibility index (Phi) is 4.60. The SMILES string of the molecule is NC1CC[N+]([O-])(c2nc3c(cc2F)c(=O)c(C(=O)O)cn3-c2ccc(F)cc2F)C1. The summed E-state index contributed by atoms with van der Waals surface area (Å²) in [6, 6.07) is 2.75. The van der Waals surface area contributed by atoms with Crippen molar-refractivity contribution in [2.75, 3.05) is 13.1 Å². The quantitative estimate of drug-likeness (QED) is 0.494. The van der Waals surface area contributed by atoms with Crippen molar-refractivity contribution in [2.45, 2.75) is 12.5 Å². The highest BCUT2D eigenvalue weighted by Gasteiger charge is 2.36. The lowest BCUT2D eigenvalue weighted by atomic mass is 10.1. The van der Waals surface area contributed by atoms with Crippen molar-refractivity contribution in [3.05, 3.63) is 68.9 Å². The van der Waals surface area contributed by atoms with E-state index in [1.807, 2.05) is 0 Å². The molecular weight excluding hydrogens is 405 g/mol. The maximum Gasteiger partial charge on any atom is 0.341 e. The number of hydrogen-bond acceptors (Lipinski definition) is 5. The third kappa shape index (κ3) is 3.12. The van der Waals surface area contributed by atoms with Crippen molar-refractivity contribution in [1.29, 1.82) is 0 Å². The number of nitrogens with two attached hydrogens (primary N) is 1. The van der Waals surface area contributed by atoms with E-state index in [2.05, 4.69) is 4.98 Å². The Balaban J connectivity index is 2.08. The van der Waals surface area contributed by atoms with Crippen molar-refractivity contribution >= 4 is 22.8 Å². The van der Waals surface area contributed by atoms with Gasteiger partial charge in [-0.3, -0.25) is 9.36 Å². The van der Waals surface area contributed by atoms with Crippen LogP contribution in [0.5, 0.6) is 0 Å². The van der Waals surface area contributed by atoms with E-state index in [-0.39, 0.29) is 24.4 Å². The molecule has 2 aromatic heterocycles. The van der Waals surface area contributed by atoms with Crippen molar-refractivity contribution in [2.24, 2.45) is 5.73 Å². The standard InChI is InChI=1S/C19H15F3N4O4/c20-9-1-2-15(13(21)5-9)25-7-12(19(28)29)16(27)11-6-14(22)18(24-17(11)25)26(30)4-3-10(23)8-26/h1-2,5-7,10H,3-4,8,23H2,(H,28,29). The molecule has 3 aromatic rings. The largest absolute Gasteiger partial charge is 0.626 e.